The SMILES string of the molecule is CC(=O)NC(C)CNC(C(=O)O)c1ccccc1Cl. The van der Waals surface area contributed by atoms with Gasteiger partial charge in [-0.15, -0.1) is 0 Å². The fraction of sp³-hybridized carbons (Fsp3) is 0.385. The summed E-state index contributed by atoms with van der Waals surface area (Å²) in [4.78, 5) is 22.2. The predicted octanol–water partition coefficient (Wildman–Crippen LogP) is 1.58. The maximum absolute atomic E-state index is 11.3. The van der Waals surface area contributed by atoms with Crippen LogP contribution in [0.4, 0.5) is 0 Å². The third-order valence-corrected chi connectivity index (χ3v) is 2.89. The van der Waals surface area contributed by atoms with Crippen LogP contribution in [0.25, 0.3) is 0 Å². The van der Waals surface area contributed by atoms with Gasteiger partial charge in [-0.1, -0.05) is 29.8 Å². The van der Waals surface area contributed by atoms with Gasteiger partial charge in [-0.2, -0.15) is 0 Å². The van der Waals surface area contributed by atoms with Crippen LogP contribution in [0.5, 0.6) is 0 Å². The molecule has 0 aliphatic carbocycles. The molecule has 19 heavy (non-hydrogen) atoms. The van der Waals surface area contributed by atoms with Crippen LogP contribution in [0.1, 0.15) is 25.5 Å². The number of aliphatic carboxylic acids is 1. The minimum atomic E-state index is -1.01. The predicted molar refractivity (Wildman–Crippen MR) is 73.1 cm³/mol. The van der Waals surface area contributed by atoms with Crippen molar-refractivity contribution in [1.82, 2.24) is 10.6 Å². The summed E-state index contributed by atoms with van der Waals surface area (Å²) in [5.41, 5.74) is 0.506. The zero-order valence-corrected chi connectivity index (χ0v) is 11.6. The molecule has 0 bridgehead atoms. The second-order valence-corrected chi connectivity index (χ2v) is 4.71. The third kappa shape index (κ3) is 4.89. The molecule has 0 aliphatic rings. The van der Waals surface area contributed by atoms with Crippen LogP contribution in [-0.4, -0.2) is 29.6 Å². The molecule has 104 valence electrons. The van der Waals surface area contributed by atoms with Crippen LogP contribution in [-0.2, 0) is 9.59 Å². The van der Waals surface area contributed by atoms with Crippen LogP contribution >= 0.6 is 11.6 Å². The molecule has 1 aromatic carbocycles. The minimum Gasteiger partial charge on any atom is -0.480 e. The van der Waals surface area contributed by atoms with Crippen LogP contribution in [0.2, 0.25) is 5.02 Å². The number of hydrogen-bond donors (Lipinski definition) is 3. The number of carbonyl (C=O) groups excluding carboxylic acids is 1. The number of rotatable bonds is 6. The number of amides is 1. The van der Waals surface area contributed by atoms with Crippen molar-refractivity contribution in [2.75, 3.05) is 6.54 Å². The number of carboxylic acids is 1. The lowest BCUT2D eigenvalue weighted by Gasteiger charge is -2.19. The number of halogens is 1. The Labute approximate surface area is 117 Å². The first-order valence-electron chi connectivity index (χ1n) is 5.89. The second kappa shape index (κ2) is 7.11. The number of hydrogen-bond acceptors (Lipinski definition) is 3. The first-order chi connectivity index (χ1) is 8.91. The molecule has 1 amide bonds. The molecule has 0 aliphatic heterocycles. The lowest BCUT2D eigenvalue weighted by Crippen LogP contribution is -2.41. The molecule has 0 radical (unpaired) electrons. The molecule has 2 unspecified atom stereocenters. The fourth-order valence-electron chi connectivity index (χ4n) is 1.73. The van der Waals surface area contributed by atoms with Gasteiger partial charge in [0.15, 0.2) is 0 Å². The lowest BCUT2D eigenvalue weighted by atomic mass is 10.1. The van der Waals surface area contributed by atoms with Crippen molar-refractivity contribution in [3.05, 3.63) is 34.9 Å². The van der Waals surface area contributed by atoms with Gasteiger partial charge in [0.1, 0.15) is 6.04 Å². The van der Waals surface area contributed by atoms with Crippen molar-refractivity contribution in [2.45, 2.75) is 25.9 Å². The topological polar surface area (TPSA) is 78.4 Å². The van der Waals surface area contributed by atoms with E-state index in [4.69, 9.17) is 11.6 Å². The van der Waals surface area contributed by atoms with E-state index < -0.39 is 12.0 Å². The van der Waals surface area contributed by atoms with Crippen molar-refractivity contribution in [3.63, 3.8) is 0 Å². The number of nitrogens with one attached hydrogen (secondary N) is 2. The van der Waals surface area contributed by atoms with Crippen molar-refractivity contribution in [1.29, 1.82) is 0 Å². The maximum Gasteiger partial charge on any atom is 0.325 e. The summed E-state index contributed by atoms with van der Waals surface area (Å²) < 4.78 is 0. The third-order valence-electron chi connectivity index (χ3n) is 2.54. The Hall–Kier alpha value is -1.59. The first kappa shape index (κ1) is 15.5. The standard InChI is InChI=1S/C13H17ClN2O3/c1-8(16-9(2)17)7-15-12(13(18)19)10-5-3-4-6-11(10)14/h3-6,8,12,15H,7H2,1-2H3,(H,16,17)(H,18,19). The zero-order chi connectivity index (χ0) is 14.4. The number of carboxylic acid groups (broad SMARTS) is 1. The van der Waals surface area contributed by atoms with Crippen LogP contribution in [0, 0.1) is 0 Å². The molecule has 1 rings (SSSR count). The zero-order valence-electron chi connectivity index (χ0n) is 10.8. The molecule has 0 heterocycles. The second-order valence-electron chi connectivity index (χ2n) is 4.30. The molecule has 0 fully saturated rings. The quantitative estimate of drug-likeness (QED) is 0.741. The van der Waals surface area contributed by atoms with Crippen molar-refractivity contribution in [3.8, 4) is 0 Å². The average Bonchev–Trinajstić information content (AvgIpc) is 2.30. The highest BCUT2D eigenvalue weighted by molar-refractivity contribution is 6.31. The molecular formula is C13H17ClN2O3. The van der Waals surface area contributed by atoms with E-state index in [9.17, 15) is 14.7 Å². The Morgan fingerprint density at radius 2 is 2.00 bits per heavy atom. The summed E-state index contributed by atoms with van der Waals surface area (Å²) in [5.74, 6) is -1.16. The van der Waals surface area contributed by atoms with Crippen molar-refractivity contribution in [2.24, 2.45) is 0 Å². The van der Waals surface area contributed by atoms with Crippen LogP contribution in [0.3, 0.4) is 0 Å². The first-order valence-corrected chi connectivity index (χ1v) is 6.27. The largest absolute Gasteiger partial charge is 0.480 e. The molecule has 0 saturated heterocycles. The van der Waals surface area contributed by atoms with Gasteiger partial charge >= 0.3 is 5.97 Å². The molecular weight excluding hydrogens is 268 g/mol. The lowest BCUT2D eigenvalue weighted by molar-refractivity contribution is -0.139. The highest BCUT2D eigenvalue weighted by Crippen LogP contribution is 2.22. The monoisotopic (exact) mass is 284 g/mol. The maximum atomic E-state index is 11.3. The minimum absolute atomic E-state index is 0.154. The van der Waals surface area contributed by atoms with E-state index in [1.807, 2.05) is 0 Å². The summed E-state index contributed by atoms with van der Waals surface area (Å²) in [6.07, 6.45) is 0. The highest BCUT2D eigenvalue weighted by Gasteiger charge is 2.22. The van der Waals surface area contributed by atoms with Gasteiger partial charge in [0.05, 0.1) is 0 Å². The Bertz CT molecular complexity index is 465. The van der Waals surface area contributed by atoms with Gasteiger partial charge < -0.3 is 10.4 Å². The summed E-state index contributed by atoms with van der Waals surface area (Å²) in [7, 11) is 0. The van der Waals surface area contributed by atoms with Gasteiger partial charge in [0.2, 0.25) is 5.91 Å². The van der Waals surface area contributed by atoms with E-state index in [1.54, 1.807) is 31.2 Å². The molecule has 6 heteroatoms. The van der Waals surface area contributed by atoms with E-state index in [2.05, 4.69) is 10.6 Å². The Morgan fingerprint density at radius 3 is 2.53 bits per heavy atom. The Balaban J connectivity index is 2.72. The average molecular weight is 285 g/mol. The Kier molecular flexibility index (Phi) is 5.79. The molecule has 0 spiro atoms. The van der Waals surface area contributed by atoms with Gasteiger partial charge in [0, 0.05) is 24.5 Å². The highest BCUT2D eigenvalue weighted by atomic mass is 35.5. The fourth-order valence-corrected chi connectivity index (χ4v) is 1.98. The summed E-state index contributed by atoms with van der Waals surface area (Å²) in [6, 6.07) is 5.72. The Morgan fingerprint density at radius 1 is 1.37 bits per heavy atom. The molecule has 0 aromatic heterocycles. The van der Waals surface area contributed by atoms with Gasteiger partial charge in [-0.05, 0) is 18.6 Å². The summed E-state index contributed by atoms with van der Waals surface area (Å²) in [6.45, 7) is 3.54. The molecule has 2 atom stereocenters. The van der Waals surface area contributed by atoms with Crippen molar-refractivity contribution < 1.29 is 14.7 Å². The summed E-state index contributed by atoms with van der Waals surface area (Å²) >= 11 is 5.99. The molecule has 1 aromatic rings. The van der Waals surface area contributed by atoms with Crippen LogP contribution < -0.4 is 10.6 Å². The van der Waals surface area contributed by atoms with E-state index in [1.165, 1.54) is 6.92 Å². The van der Waals surface area contributed by atoms with E-state index in [-0.39, 0.29) is 11.9 Å². The number of benzene rings is 1. The molecule has 3 N–H and O–H groups in total. The van der Waals surface area contributed by atoms with Gasteiger partial charge in [0.25, 0.3) is 0 Å². The van der Waals surface area contributed by atoms with Crippen molar-refractivity contribution >= 4 is 23.5 Å². The van der Waals surface area contributed by atoms with E-state index >= 15 is 0 Å². The number of carbonyl (C=O) groups is 2. The van der Waals surface area contributed by atoms with E-state index in [0.29, 0.717) is 17.1 Å². The van der Waals surface area contributed by atoms with Crippen LogP contribution in [0.15, 0.2) is 24.3 Å². The summed E-state index contributed by atoms with van der Waals surface area (Å²) in [5, 5.41) is 15.2. The van der Waals surface area contributed by atoms with Gasteiger partial charge in [-0.25, -0.2) is 0 Å². The molecule has 5 nitrogen and oxygen atoms in total. The van der Waals surface area contributed by atoms with Gasteiger partial charge in [-0.3, -0.25) is 14.9 Å². The normalized spacial score (nSPS) is 13.6. The van der Waals surface area contributed by atoms with E-state index in [0.717, 1.165) is 0 Å². The molecule has 0 saturated carbocycles. The smallest absolute Gasteiger partial charge is 0.325 e.